The minimum atomic E-state index is -3.66. The summed E-state index contributed by atoms with van der Waals surface area (Å²) in [4.78, 5) is 15.2. The standard InChI is InChI=1S/C24H30ClN3O4S/c25-20-7-4-19(5-8-20)6-11-24(29)26-22-18-21(33(30,31)28-14-16-32-17-15-28)9-10-23(22)27-12-2-1-3-13-27/h4-5,7-10,18H,1-3,6,11-17H2,(H,26,29). The summed E-state index contributed by atoms with van der Waals surface area (Å²) in [7, 11) is -3.66. The minimum Gasteiger partial charge on any atom is -0.379 e. The van der Waals surface area contributed by atoms with Crippen LogP contribution in [0.4, 0.5) is 11.4 Å². The molecule has 2 fully saturated rings. The summed E-state index contributed by atoms with van der Waals surface area (Å²) in [6.45, 7) is 3.23. The van der Waals surface area contributed by atoms with Gasteiger partial charge in [-0.05, 0) is 61.6 Å². The lowest BCUT2D eigenvalue weighted by Gasteiger charge is -2.31. The van der Waals surface area contributed by atoms with Crippen LogP contribution in [0.1, 0.15) is 31.2 Å². The molecule has 178 valence electrons. The Labute approximate surface area is 200 Å². The van der Waals surface area contributed by atoms with Gasteiger partial charge in [0.2, 0.25) is 15.9 Å². The SMILES string of the molecule is O=C(CCc1ccc(Cl)cc1)Nc1cc(S(=O)(=O)N2CCOCC2)ccc1N1CCCCC1. The molecule has 2 aromatic carbocycles. The number of benzene rings is 2. The molecule has 2 heterocycles. The number of hydrogen-bond acceptors (Lipinski definition) is 5. The van der Waals surface area contributed by atoms with Gasteiger partial charge in [-0.3, -0.25) is 4.79 Å². The zero-order valence-corrected chi connectivity index (χ0v) is 20.2. The van der Waals surface area contributed by atoms with Crippen LogP contribution in [0, 0.1) is 0 Å². The Hall–Kier alpha value is -2.13. The molecular weight excluding hydrogens is 462 g/mol. The fraction of sp³-hybridized carbons (Fsp3) is 0.458. The molecule has 0 aliphatic carbocycles. The van der Waals surface area contributed by atoms with Crippen LogP contribution < -0.4 is 10.2 Å². The van der Waals surface area contributed by atoms with E-state index in [2.05, 4.69) is 10.2 Å². The first-order chi connectivity index (χ1) is 15.9. The Bertz CT molecular complexity index is 1060. The van der Waals surface area contributed by atoms with Crippen molar-refractivity contribution < 1.29 is 17.9 Å². The molecule has 0 aromatic heterocycles. The predicted molar refractivity (Wildman–Crippen MR) is 130 cm³/mol. The molecule has 1 amide bonds. The molecule has 9 heteroatoms. The van der Waals surface area contributed by atoms with Crippen LogP contribution in [-0.2, 0) is 26.0 Å². The zero-order valence-electron chi connectivity index (χ0n) is 18.6. The summed E-state index contributed by atoms with van der Waals surface area (Å²) in [5, 5.41) is 3.65. The van der Waals surface area contributed by atoms with Gasteiger partial charge in [-0.2, -0.15) is 4.31 Å². The average molecular weight is 492 g/mol. The van der Waals surface area contributed by atoms with Crippen LogP contribution in [0.2, 0.25) is 5.02 Å². The number of sulfonamides is 1. The molecule has 0 saturated carbocycles. The lowest BCUT2D eigenvalue weighted by Crippen LogP contribution is -2.40. The number of nitrogens with one attached hydrogen (secondary N) is 1. The zero-order chi connectivity index (χ0) is 23.3. The van der Waals surface area contributed by atoms with Crippen LogP contribution in [0.25, 0.3) is 0 Å². The van der Waals surface area contributed by atoms with Crippen molar-refractivity contribution in [1.82, 2.24) is 4.31 Å². The number of morpholine rings is 1. The number of hydrogen-bond donors (Lipinski definition) is 1. The molecule has 0 atom stereocenters. The normalized spacial score (nSPS) is 17.7. The molecule has 1 N–H and O–H groups in total. The second-order valence-electron chi connectivity index (χ2n) is 8.42. The van der Waals surface area contributed by atoms with E-state index in [9.17, 15) is 13.2 Å². The molecule has 33 heavy (non-hydrogen) atoms. The Balaban J connectivity index is 1.55. The van der Waals surface area contributed by atoms with Gasteiger partial charge in [-0.25, -0.2) is 8.42 Å². The number of carbonyl (C=O) groups is 1. The lowest BCUT2D eigenvalue weighted by molar-refractivity contribution is -0.116. The van der Waals surface area contributed by atoms with Crippen molar-refractivity contribution in [3.63, 3.8) is 0 Å². The summed E-state index contributed by atoms with van der Waals surface area (Å²) >= 11 is 5.94. The van der Waals surface area contributed by atoms with E-state index in [-0.39, 0.29) is 10.8 Å². The molecule has 0 bridgehead atoms. The Kier molecular flexibility index (Phi) is 7.90. The maximum Gasteiger partial charge on any atom is 0.243 e. The Morgan fingerprint density at radius 2 is 1.67 bits per heavy atom. The average Bonchev–Trinajstić information content (AvgIpc) is 2.85. The van der Waals surface area contributed by atoms with Crippen molar-refractivity contribution in [3.05, 3.63) is 53.1 Å². The topological polar surface area (TPSA) is 79.0 Å². The van der Waals surface area contributed by atoms with Crippen LogP contribution in [0.15, 0.2) is 47.4 Å². The first-order valence-corrected chi connectivity index (χ1v) is 13.3. The fourth-order valence-electron chi connectivity index (χ4n) is 4.24. The maximum absolute atomic E-state index is 13.2. The molecular formula is C24H30ClN3O4S. The van der Waals surface area contributed by atoms with E-state index >= 15 is 0 Å². The van der Waals surface area contributed by atoms with Crippen LogP contribution in [0.5, 0.6) is 0 Å². The highest BCUT2D eigenvalue weighted by Gasteiger charge is 2.28. The molecule has 2 aliphatic heterocycles. The second kappa shape index (κ2) is 10.9. The van der Waals surface area contributed by atoms with E-state index in [0.717, 1.165) is 37.2 Å². The van der Waals surface area contributed by atoms with Gasteiger partial charge in [0.25, 0.3) is 0 Å². The maximum atomic E-state index is 13.2. The number of halogens is 1. The molecule has 2 saturated heterocycles. The number of aryl methyl sites for hydroxylation is 1. The van der Waals surface area contributed by atoms with E-state index < -0.39 is 10.0 Å². The van der Waals surface area contributed by atoms with E-state index in [4.69, 9.17) is 16.3 Å². The van der Waals surface area contributed by atoms with Gasteiger partial charge in [-0.1, -0.05) is 23.7 Å². The molecule has 0 spiro atoms. The minimum absolute atomic E-state index is 0.149. The van der Waals surface area contributed by atoms with Crippen molar-refractivity contribution in [3.8, 4) is 0 Å². The van der Waals surface area contributed by atoms with Crippen LogP contribution in [-0.4, -0.2) is 58.0 Å². The van der Waals surface area contributed by atoms with E-state index in [1.807, 2.05) is 30.3 Å². The van der Waals surface area contributed by atoms with Crippen LogP contribution >= 0.6 is 11.6 Å². The molecule has 2 aromatic rings. The molecule has 0 unspecified atom stereocenters. The van der Waals surface area contributed by atoms with Gasteiger partial charge in [0.05, 0.1) is 29.5 Å². The number of nitrogens with zero attached hydrogens (tertiary/aromatic N) is 2. The molecule has 7 nitrogen and oxygen atoms in total. The van der Waals surface area contributed by atoms with E-state index in [1.165, 1.54) is 10.7 Å². The number of ether oxygens (including phenoxy) is 1. The fourth-order valence-corrected chi connectivity index (χ4v) is 5.80. The summed E-state index contributed by atoms with van der Waals surface area (Å²) in [6, 6.07) is 12.5. The number of piperidine rings is 1. The van der Waals surface area contributed by atoms with Gasteiger partial charge in [0.1, 0.15) is 0 Å². The van der Waals surface area contributed by atoms with Crippen molar-refractivity contribution in [1.29, 1.82) is 0 Å². The molecule has 2 aliphatic rings. The van der Waals surface area contributed by atoms with Gasteiger partial charge in [-0.15, -0.1) is 0 Å². The van der Waals surface area contributed by atoms with E-state index in [1.54, 1.807) is 12.1 Å². The van der Waals surface area contributed by atoms with Crippen molar-refractivity contribution >= 4 is 38.9 Å². The largest absolute Gasteiger partial charge is 0.379 e. The summed E-state index contributed by atoms with van der Waals surface area (Å²) in [5.41, 5.74) is 2.44. The molecule has 0 radical (unpaired) electrons. The van der Waals surface area contributed by atoms with Crippen molar-refractivity contribution in [2.24, 2.45) is 0 Å². The molecule has 4 rings (SSSR count). The third-order valence-corrected chi connectivity index (χ3v) is 8.25. The summed E-state index contributed by atoms with van der Waals surface area (Å²) in [5.74, 6) is -0.149. The summed E-state index contributed by atoms with van der Waals surface area (Å²) in [6.07, 6.45) is 4.22. The highest BCUT2D eigenvalue weighted by Crippen LogP contribution is 2.32. The number of rotatable bonds is 7. The second-order valence-corrected chi connectivity index (χ2v) is 10.8. The van der Waals surface area contributed by atoms with Gasteiger partial charge in [0.15, 0.2) is 0 Å². The van der Waals surface area contributed by atoms with Crippen molar-refractivity contribution in [2.75, 3.05) is 49.6 Å². The monoisotopic (exact) mass is 491 g/mol. The third kappa shape index (κ3) is 6.06. The third-order valence-electron chi connectivity index (χ3n) is 6.10. The van der Waals surface area contributed by atoms with Crippen LogP contribution in [0.3, 0.4) is 0 Å². The number of anilines is 2. The highest BCUT2D eigenvalue weighted by molar-refractivity contribution is 7.89. The van der Waals surface area contributed by atoms with Gasteiger partial charge < -0.3 is 15.0 Å². The van der Waals surface area contributed by atoms with Gasteiger partial charge >= 0.3 is 0 Å². The highest BCUT2D eigenvalue weighted by atomic mass is 35.5. The van der Waals surface area contributed by atoms with Gasteiger partial charge in [0, 0.05) is 37.6 Å². The quantitative estimate of drug-likeness (QED) is 0.635. The first kappa shape index (κ1) is 24.0. The first-order valence-electron chi connectivity index (χ1n) is 11.4. The Morgan fingerprint density at radius 1 is 0.970 bits per heavy atom. The lowest BCUT2D eigenvalue weighted by atomic mass is 10.1. The summed E-state index contributed by atoms with van der Waals surface area (Å²) < 4.78 is 33.1. The smallest absolute Gasteiger partial charge is 0.243 e. The number of carbonyl (C=O) groups excluding carboxylic acids is 1. The predicted octanol–water partition coefficient (Wildman–Crippen LogP) is 3.92. The van der Waals surface area contributed by atoms with Crippen molar-refractivity contribution in [2.45, 2.75) is 37.0 Å². The number of amides is 1. The van der Waals surface area contributed by atoms with E-state index in [0.29, 0.717) is 49.9 Å². The Morgan fingerprint density at radius 3 is 2.36 bits per heavy atom.